The number of benzene rings is 2. The Morgan fingerprint density at radius 2 is 1.61 bits per heavy atom. The van der Waals surface area contributed by atoms with Gasteiger partial charge in [-0.3, -0.25) is 0 Å². The van der Waals surface area contributed by atoms with E-state index in [1.54, 1.807) is 0 Å². The molecule has 1 N–H and O–H groups in total. The summed E-state index contributed by atoms with van der Waals surface area (Å²) < 4.78 is 82.7. The normalized spacial score (nSPS) is 13.1. The zero-order chi connectivity index (χ0) is 21.1. The number of hydrogen-bond acceptors (Lipinski definition) is 6. The SMILES string of the molecule is CCS(=O)(=O)c1ccc(S(=O)(=O)NC(C(=O)OC)c2cc(F)ccc2F)cc1. The number of carbonyl (C=O) groups excluding carboxylic acids is 1. The molecule has 1 atom stereocenters. The van der Waals surface area contributed by atoms with E-state index in [0.29, 0.717) is 6.07 Å². The molecule has 0 fully saturated rings. The van der Waals surface area contributed by atoms with E-state index in [2.05, 4.69) is 4.74 Å². The summed E-state index contributed by atoms with van der Waals surface area (Å²) in [5, 5.41) is 0. The lowest BCUT2D eigenvalue weighted by molar-refractivity contribution is -0.142. The summed E-state index contributed by atoms with van der Waals surface area (Å²) in [6.45, 7) is 1.44. The molecule has 0 aliphatic rings. The van der Waals surface area contributed by atoms with Crippen LogP contribution in [-0.4, -0.2) is 35.7 Å². The molecule has 0 aliphatic carbocycles. The molecule has 0 aromatic heterocycles. The topological polar surface area (TPSA) is 107 Å². The molecule has 0 radical (unpaired) electrons. The smallest absolute Gasteiger partial charge is 0.328 e. The number of rotatable bonds is 7. The molecule has 0 heterocycles. The predicted octanol–water partition coefficient (Wildman–Crippen LogP) is 1.95. The number of sulfonamides is 1. The number of hydrogen-bond donors (Lipinski definition) is 1. The lowest BCUT2D eigenvalue weighted by Gasteiger charge is -2.18. The quantitative estimate of drug-likeness (QED) is 0.669. The molecule has 0 aliphatic heterocycles. The standard InChI is InChI=1S/C17H17F2NO6S2/c1-3-27(22,23)12-5-7-13(8-6-12)28(24,25)20-16(17(21)26-2)14-10-11(18)4-9-15(14)19/h4-10,16,20H,3H2,1-2H3. The van der Waals surface area contributed by atoms with Crippen molar-refractivity contribution in [3.05, 3.63) is 59.7 Å². The van der Waals surface area contributed by atoms with Crippen LogP contribution in [0, 0.1) is 11.6 Å². The third-order valence-electron chi connectivity index (χ3n) is 3.85. The third kappa shape index (κ3) is 4.72. The Labute approximate surface area is 161 Å². The van der Waals surface area contributed by atoms with E-state index < -0.39 is 49.1 Å². The highest BCUT2D eigenvalue weighted by atomic mass is 32.2. The van der Waals surface area contributed by atoms with Crippen molar-refractivity contribution in [1.29, 1.82) is 0 Å². The van der Waals surface area contributed by atoms with Crippen molar-refractivity contribution in [2.45, 2.75) is 22.8 Å². The van der Waals surface area contributed by atoms with Gasteiger partial charge in [-0.05, 0) is 42.5 Å². The molecular weight excluding hydrogens is 416 g/mol. The molecule has 152 valence electrons. The zero-order valence-corrected chi connectivity index (χ0v) is 16.5. The Bertz CT molecular complexity index is 1080. The number of ether oxygens (including phenoxy) is 1. The van der Waals surface area contributed by atoms with E-state index in [0.717, 1.165) is 43.5 Å². The summed E-state index contributed by atoms with van der Waals surface area (Å²) in [6, 6.07) is 4.66. The van der Waals surface area contributed by atoms with E-state index in [-0.39, 0.29) is 15.5 Å². The van der Waals surface area contributed by atoms with Gasteiger partial charge in [0, 0.05) is 5.56 Å². The van der Waals surface area contributed by atoms with Gasteiger partial charge in [0.1, 0.15) is 17.7 Å². The van der Waals surface area contributed by atoms with Crippen LogP contribution in [0.4, 0.5) is 8.78 Å². The van der Waals surface area contributed by atoms with Gasteiger partial charge < -0.3 is 4.74 Å². The summed E-state index contributed by atoms with van der Waals surface area (Å²) in [5.74, 6) is -3.21. The van der Waals surface area contributed by atoms with Crippen LogP contribution in [0.5, 0.6) is 0 Å². The average molecular weight is 433 g/mol. The fraction of sp³-hybridized carbons (Fsp3) is 0.235. The van der Waals surface area contributed by atoms with Gasteiger partial charge in [-0.2, -0.15) is 4.72 Å². The molecule has 2 aromatic carbocycles. The summed E-state index contributed by atoms with van der Waals surface area (Å²) >= 11 is 0. The van der Waals surface area contributed by atoms with Crippen molar-refractivity contribution in [3.63, 3.8) is 0 Å². The largest absolute Gasteiger partial charge is 0.468 e. The van der Waals surface area contributed by atoms with Gasteiger partial charge in [0.25, 0.3) is 0 Å². The highest BCUT2D eigenvalue weighted by molar-refractivity contribution is 7.91. The van der Waals surface area contributed by atoms with Crippen molar-refractivity contribution in [2.24, 2.45) is 0 Å². The van der Waals surface area contributed by atoms with E-state index in [1.807, 2.05) is 4.72 Å². The Hall–Kier alpha value is -2.37. The molecule has 0 bridgehead atoms. The number of methoxy groups -OCH3 is 1. The first-order valence-electron chi connectivity index (χ1n) is 7.89. The molecule has 11 heteroatoms. The molecule has 7 nitrogen and oxygen atoms in total. The minimum atomic E-state index is -4.40. The summed E-state index contributed by atoms with van der Waals surface area (Å²) in [7, 11) is -6.97. The Morgan fingerprint density at radius 1 is 1.04 bits per heavy atom. The van der Waals surface area contributed by atoms with Crippen LogP contribution in [0.25, 0.3) is 0 Å². The molecule has 0 saturated carbocycles. The maximum atomic E-state index is 14.0. The van der Waals surface area contributed by atoms with Gasteiger partial charge >= 0.3 is 5.97 Å². The maximum absolute atomic E-state index is 14.0. The van der Waals surface area contributed by atoms with Crippen molar-refractivity contribution in [2.75, 3.05) is 12.9 Å². The monoisotopic (exact) mass is 433 g/mol. The van der Waals surface area contributed by atoms with Crippen molar-refractivity contribution < 1.29 is 35.1 Å². The molecule has 2 aromatic rings. The highest BCUT2D eigenvalue weighted by Gasteiger charge is 2.30. The maximum Gasteiger partial charge on any atom is 0.328 e. The van der Waals surface area contributed by atoms with Gasteiger partial charge in [-0.1, -0.05) is 6.92 Å². The minimum absolute atomic E-state index is 0.0744. The van der Waals surface area contributed by atoms with Crippen LogP contribution in [-0.2, 0) is 29.4 Å². The lowest BCUT2D eigenvalue weighted by atomic mass is 10.1. The van der Waals surface area contributed by atoms with Crippen LogP contribution >= 0.6 is 0 Å². The summed E-state index contributed by atoms with van der Waals surface area (Å²) in [4.78, 5) is 11.6. The summed E-state index contributed by atoms with van der Waals surface area (Å²) in [5.41, 5.74) is -0.555. The average Bonchev–Trinajstić information content (AvgIpc) is 2.67. The van der Waals surface area contributed by atoms with Crippen molar-refractivity contribution in [3.8, 4) is 0 Å². The van der Waals surface area contributed by atoms with Crippen LogP contribution < -0.4 is 4.72 Å². The fourth-order valence-electron chi connectivity index (χ4n) is 2.31. The fourth-order valence-corrected chi connectivity index (χ4v) is 4.36. The van der Waals surface area contributed by atoms with Crippen LogP contribution in [0.1, 0.15) is 18.5 Å². The molecule has 0 spiro atoms. The van der Waals surface area contributed by atoms with Crippen molar-refractivity contribution >= 4 is 25.8 Å². The van der Waals surface area contributed by atoms with Gasteiger partial charge in [-0.15, -0.1) is 0 Å². The second-order valence-electron chi connectivity index (χ2n) is 5.62. The van der Waals surface area contributed by atoms with Gasteiger partial charge in [0.05, 0.1) is 22.7 Å². The number of esters is 1. The van der Waals surface area contributed by atoms with Gasteiger partial charge in [0.15, 0.2) is 9.84 Å². The van der Waals surface area contributed by atoms with Crippen molar-refractivity contribution in [1.82, 2.24) is 4.72 Å². The van der Waals surface area contributed by atoms with E-state index in [1.165, 1.54) is 6.92 Å². The first-order valence-corrected chi connectivity index (χ1v) is 11.0. The predicted molar refractivity (Wildman–Crippen MR) is 95.6 cm³/mol. The number of nitrogens with one attached hydrogen (secondary N) is 1. The Kier molecular flexibility index (Phi) is 6.52. The first-order chi connectivity index (χ1) is 13.0. The number of carbonyl (C=O) groups is 1. The van der Waals surface area contributed by atoms with Crippen LogP contribution in [0.3, 0.4) is 0 Å². The Morgan fingerprint density at radius 3 is 2.14 bits per heavy atom. The van der Waals surface area contributed by atoms with Gasteiger partial charge in [0.2, 0.25) is 10.0 Å². The first kappa shape index (κ1) is 21.9. The number of halogens is 2. The zero-order valence-electron chi connectivity index (χ0n) is 14.8. The molecule has 0 saturated heterocycles. The molecule has 28 heavy (non-hydrogen) atoms. The Balaban J connectivity index is 2.43. The third-order valence-corrected chi connectivity index (χ3v) is 7.04. The van der Waals surface area contributed by atoms with E-state index in [9.17, 15) is 30.4 Å². The highest BCUT2D eigenvalue weighted by Crippen LogP contribution is 2.23. The summed E-state index contributed by atoms with van der Waals surface area (Å²) in [6.07, 6.45) is 0. The molecule has 0 amide bonds. The van der Waals surface area contributed by atoms with E-state index >= 15 is 0 Å². The second-order valence-corrected chi connectivity index (χ2v) is 9.61. The number of sulfone groups is 1. The minimum Gasteiger partial charge on any atom is -0.468 e. The lowest BCUT2D eigenvalue weighted by Crippen LogP contribution is -2.35. The molecule has 1 unspecified atom stereocenters. The molecular formula is C17H17F2NO6S2. The molecule has 2 rings (SSSR count). The van der Waals surface area contributed by atoms with Crippen LogP contribution in [0.2, 0.25) is 0 Å². The van der Waals surface area contributed by atoms with Crippen LogP contribution in [0.15, 0.2) is 52.3 Å². The van der Waals surface area contributed by atoms with E-state index in [4.69, 9.17) is 0 Å². The second kappa shape index (κ2) is 8.33. The van der Waals surface area contributed by atoms with Gasteiger partial charge in [-0.25, -0.2) is 30.4 Å².